The van der Waals surface area contributed by atoms with Gasteiger partial charge in [0.1, 0.15) is 5.82 Å². The number of aromatic nitrogens is 3. The fourth-order valence-electron chi connectivity index (χ4n) is 4.41. The minimum Gasteiger partial charge on any atom is -0.291 e. The molecule has 0 spiro atoms. The van der Waals surface area contributed by atoms with Crippen molar-refractivity contribution >= 4 is 17.2 Å². The summed E-state index contributed by atoms with van der Waals surface area (Å²) in [7, 11) is 0. The summed E-state index contributed by atoms with van der Waals surface area (Å²) in [4.78, 5) is 16.2. The Kier molecular flexibility index (Phi) is 2.60. The highest BCUT2D eigenvalue weighted by Crippen LogP contribution is 2.58. The monoisotopic (exact) mass is 328 g/mol. The maximum Gasteiger partial charge on any atom is 0.141 e. The smallest absolute Gasteiger partial charge is 0.141 e. The third kappa shape index (κ3) is 1.64. The number of pyridine rings is 3. The van der Waals surface area contributed by atoms with Gasteiger partial charge in [-0.3, -0.25) is 14.9 Å². The van der Waals surface area contributed by atoms with Crippen LogP contribution in [-0.2, 0) is 10.8 Å². The maximum absolute atomic E-state index is 4.81. The molecule has 0 N–H and O–H groups in total. The molecule has 0 aromatic carbocycles. The highest BCUT2D eigenvalue weighted by Gasteiger charge is 2.46. The molecule has 4 heteroatoms. The van der Waals surface area contributed by atoms with E-state index in [0.717, 1.165) is 17.2 Å². The fourth-order valence-corrected chi connectivity index (χ4v) is 4.41. The van der Waals surface area contributed by atoms with E-state index in [9.17, 15) is 0 Å². The van der Waals surface area contributed by atoms with Gasteiger partial charge in [-0.1, -0.05) is 19.9 Å². The van der Waals surface area contributed by atoms with E-state index in [2.05, 4.69) is 55.8 Å². The maximum atomic E-state index is 4.81. The molecule has 2 aliphatic heterocycles. The Morgan fingerprint density at radius 3 is 2.44 bits per heavy atom. The minimum atomic E-state index is -0.193. The molecule has 3 aromatic heterocycles. The van der Waals surface area contributed by atoms with E-state index in [1.807, 2.05) is 30.9 Å². The largest absolute Gasteiger partial charge is 0.291 e. The summed E-state index contributed by atoms with van der Waals surface area (Å²) in [5.41, 5.74) is 6.83. The second-order valence-corrected chi connectivity index (χ2v) is 7.91. The Balaban J connectivity index is 1.97. The van der Waals surface area contributed by atoms with Crippen LogP contribution in [0.1, 0.15) is 50.1 Å². The lowest BCUT2D eigenvalue weighted by Crippen LogP contribution is -2.39. The molecule has 124 valence electrons. The van der Waals surface area contributed by atoms with Crippen molar-refractivity contribution in [3.05, 3.63) is 71.4 Å². The van der Waals surface area contributed by atoms with Crippen molar-refractivity contribution in [2.75, 3.05) is 4.90 Å². The quantitative estimate of drug-likeness (QED) is 0.604. The fraction of sp³-hybridized carbons (Fsp3) is 0.286. The van der Waals surface area contributed by atoms with E-state index in [0.29, 0.717) is 0 Å². The molecule has 5 rings (SSSR count). The third-order valence-corrected chi connectivity index (χ3v) is 5.80. The Bertz CT molecular complexity index is 942. The molecule has 0 bridgehead atoms. The Labute approximate surface area is 147 Å². The lowest BCUT2D eigenvalue weighted by Gasteiger charge is -2.47. The summed E-state index contributed by atoms with van der Waals surface area (Å²) in [5.74, 6) is 0.985. The average molecular weight is 328 g/mol. The van der Waals surface area contributed by atoms with Crippen molar-refractivity contribution in [2.24, 2.45) is 0 Å². The van der Waals surface area contributed by atoms with Gasteiger partial charge in [-0.05, 0) is 43.2 Å². The Hall–Kier alpha value is -2.75. The van der Waals surface area contributed by atoms with Gasteiger partial charge < -0.3 is 0 Å². The first-order valence-corrected chi connectivity index (χ1v) is 8.64. The minimum absolute atomic E-state index is 0.107. The van der Waals surface area contributed by atoms with Crippen molar-refractivity contribution in [3.63, 3.8) is 0 Å². The second kappa shape index (κ2) is 4.45. The molecular formula is C21H20N4. The van der Waals surface area contributed by atoms with Gasteiger partial charge in [-0.2, -0.15) is 0 Å². The highest BCUT2D eigenvalue weighted by atomic mass is 15.2. The van der Waals surface area contributed by atoms with E-state index >= 15 is 0 Å². The van der Waals surface area contributed by atoms with E-state index in [-0.39, 0.29) is 10.8 Å². The average Bonchev–Trinajstić information content (AvgIpc) is 2.61. The molecule has 5 heterocycles. The summed E-state index contributed by atoms with van der Waals surface area (Å²) in [6.07, 6.45) is 7.64. The SMILES string of the molecule is CC1(C)c2ccncc2N2c3ncccc3C(C)(C)c3nccc1c32. The van der Waals surface area contributed by atoms with Crippen LogP contribution in [0.4, 0.5) is 17.2 Å². The first-order valence-electron chi connectivity index (χ1n) is 8.64. The van der Waals surface area contributed by atoms with Crippen LogP contribution in [0.15, 0.2) is 49.1 Å². The van der Waals surface area contributed by atoms with Crippen LogP contribution < -0.4 is 4.90 Å². The van der Waals surface area contributed by atoms with Crippen LogP contribution >= 0.6 is 0 Å². The van der Waals surface area contributed by atoms with Crippen molar-refractivity contribution < 1.29 is 0 Å². The first kappa shape index (κ1) is 14.6. The van der Waals surface area contributed by atoms with Gasteiger partial charge >= 0.3 is 0 Å². The Morgan fingerprint density at radius 2 is 1.60 bits per heavy atom. The van der Waals surface area contributed by atoms with Gasteiger partial charge in [-0.15, -0.1) is 0 Å². The van der Waals surface area contributed by atoms with E-state index in [1.54, 1.807) is 0 Å². The molecule has 0 amide bonds. The summed E-state index contributed by atoms with van der Waals surface area (Å²) < 4.78 is 0. The molecule has 0 fully saturated rings. The molecule has 0 radical (unpaired) electrons. The molecule has 0 atom stereocenters. The zero-order valence-corrected chi connectivity index (χ0v) is 14.9. The second-order valence-electron chi connectivity index (χ2n) is 7.91. The third-order valence-electron chi connectivity index (χ3n) is 5.80. The number of hydrogen-bond donors (Lipinski definition) is 0. The molecule has 4 nitrogen and oxygen atoms in total. The number of rotatable bonds is 0. The summed E-state index contributed by atoms with van der Waals surface area (Å²) in [6, 6.07) is 8.45. The number of anilines is 3. The summed E-state index contributed by atoms with van der Waals surface area (Å²) in [5, 5.41) is 0. The predicted octanol–water partition coefficient (Wildman–Crippen LogP) is 4.62. The van der Waals surface area contributed by atoms with Crippen LogP contribution in [0, 0.1) is 0 Å². The van der Waals surface area contributed by atoms with E-state index in [4.69, 9.17) is 9.97 Å². The number of nitrogens with zero attached hydrogens (tertiary/aromatic N) is 4. The van der Waals surface area contributed by atoms with Gasteiger partial charge in [-0.25, -0.2) is 4.98 Å². The molecular weight excluding hydrogens is 308 g/mol. The Morgan fingerprint density at radius 1 is 0.800 bits per heavy atom. The zero-order chi connectivity index (χ0) is 17.4. The lowest BCUT2D eigenvalue weighted by atomic mass is 9.69. The van der Waals surface area contributed by atoms with Gasteiger partial charge in [0.15, 0.2) is 0 Å². The molecule has 3 aromatic rings. The van der Waals surface area contributed by atoms with Gasteiger partial charge in [0.05, 0.1) is 23.3 Å². The van der Waals surface area contributed by atoms with Crippen LogP contribution in [0.25, 0.3) is 0 Å². The topological polar surface area (TPSA) is 41.9 Å². The van der Waals surface area contributed by atoms with Crippen molar-refractivity contribution in [3.8, 4) is 0 Å². The number of fused-ring (bicyclic) bond motifs is 4. The molecule has 0 unspecified atom stereocenters. The van der Waals surface area contributed by atoms with Crippen LogP contribution in [0.2, 0.25) is 0 Å². The van der Waals surface area contributed by atoms with Crippen molar-refractivity contribution in [1.82, 2.24) is 15.0 Å². The van der Waals surface area contributed by atoms with Crippen LogP contribution in [0.5, 0.6) is 0 Å². The highest BCUT2D eigenvalue weighted by molar-refractivity contribution is 5.89. The molecule has 0 saturated carbocycles. The molecule has 0 saturated heterocycles. The first-order chi connectivity index (χ1) is 11.9. The summed E-state index contributed by atoms with van der Waals surface area (Å²) >= 11 is 0. The van der Waals surface area contributed by atoms with Crippen LogP contribution in [-0.4, -0.2) is 15.0 Å². The van der Waals surface area contributed by atoms with Crippen LogP contribution in [0.3, 0.4) is 0 Å². The van der Waals surface area contributed by atoms with Gasteiger partial charge in [0.2, 0.25) is 0 Å². The normalized spacial score (nSPS) is 18.2. The molecule has 25 heavy (non-hydrogen) atoms. The lowest BCUT2D eigenvalue weighted by molar-refractivity contribution is 0.576. The van der Waals surface area contributed by atoms with E-state index < -0.39 is 0 Å². The summed E-state index contributed by atoms with van der Waals surface area (Å²) in [6.45, 7) is 9.03. The predicted molar refractivity (Wildman–Crippen MR) is 98.8 cm³/mol. The number of hydrogen-bond acceptors (Lipinski definition) is 4. The standard InChI is InChI=1S/C21H20N4/c1-20(2)13-7-10-22-12-16(13)25-17-14(20)8-11-23-18(17)21(3,4)15-6-5-9-24-19(15)25/h5-12H,1-4H3. The van der Waals surface area contributed by atoms with Gasteiger partial charge in [0, 0.05) is 35.0 Å². The molecule has 0 aliphatic carbocycles. The zero-order valence-electron chi connectivity index (χ0n) is 14.9. The van der Waals surface area contributed by atoms with Crippen molar-refractivity contribution in [2.45, 2.75) is 38.5 Å². The molecule has 2 aliphatic rings. The van der Waals surface area contributed by atoms with E-state index in [1.165, 1.54) is 22.4 Å². The van der Waals surface area contributed by atoms with Crippen molar-refractivity contribution in [1.29, 1.82) is 0 Å². The van der Waals surface area contributed by atoms with Gasteiger partial charge in [0.25, 0.3) is 0 Å².